The number of anilines is 1. The van der Waals surface area contributed by atoms with Gasteiger partial charge >= 0.3 is 5.97 Å². The molecule has 2 aromatic rings. The molecule has 0 aliphatic carbocycles. The first kappa shape index (κ1) is 22.6. The average Bonchev–Trinajstić information content (AvgIpc) is 2.65. The maximum Gasteiger partial charge on any atom is 0.338 e. The highest BCUT2D eigenvalue weighted by molar-refractivity contribution is 7.89. The van der Waals surface area contributed by atoms with Crippen molar-refractivity contribution in [3.63, 3.8) is 0 Å². The zero-order chi connectivity index (χ0) is 21.7. The highest BCUT2D eigenvalue weighted by atomic mass is 32.2. The quantitative estimate of drug-likeness (QED) is 0.673. The Hall–Kier alpha value is -2.71. The van der Waals surface area contributed by atoms with Crippen molar-refractivity contribution in [1.82, 2.24) is 4.72 Å². The van der Waals surface area contributed by atoms with Gasteiger partial charge in [-0.3, -0.25) is 4.79 Å². The zero-order valence-corrected chi connectivity index (χ0v) is 17.8. The van der Waals surface area contributed by atoms with Crippen LogP contribution in [0.2, 0.25) is 0 Å². The monoisotopic (exact) mass is 418 g/mol. The van der Waals surface area contributed by atoms with Gasteiger partial charge in [0.2, 0.25) is 10.0 Å². The molecule has 2 N–H and O–H groups in total. The molecule has 0 bridgehead atoms. The predicted molar refractivity (Wildman–Crippen MR) is 111 cm³/mol. The maximum absolute atomic E-state index is 12.3. The molecule has 7 nitrogen and oxygen atoms in total. The molecule has 29 heavy (non-hydrogen) atoms. The normalized spacial score (nSPS) is 11.7. The van der Waals surface area contributed by atoms with Crippen molar-refractivity contribution in [1.29, 1.82) is 0 Å². The Kier molecular flexibility index (Phi) is 7.16. The van der Waals surface area contributed by atoms with Crippen molar-refractivity contribution >= 4 is 27.6 Å². The van der Waals surface area contributed by atoms with Crippen molar-refractivity contribution in [2.24, 2.45) is 0 Å². The second-order valence-corrected chi connectivity index (χ2v) is 9.24. The summed E-state index contributed by atoms with van der Waals surface area (Å²) >= 11 is 0. The van der Waals surface area contributed by atoms with Gasteiger partial charge in [0.15, 0.2) is 6.61 Å². The van der Waals surface area contributed by atoms with Gasteiger partial charge < -0.3 is 10.1 Å². The number of esters is 1. The largest absolute Gasteiger partial charge is 0.452 e. The third kappa shape index (κ3) is 6.99. The van der Waals surface area contributed by atoms with E-state index < -0.39 is 34.0 Å². The highest BCUT2D eigenvalue weighted by Gasteiger charge is 2.22. The molecule has 0 heterocycles. The van der Waals surface area contributed by atoms with E-state index >= 15 is 0 Å². The van der Waals surface area contributed by atoms with Crippen LogP contribution in [0.1, 0.15) is 43.6 Å². The van der Waals surface area contributed by atoms with Crippen LogP contribution < -0.4 is 10.0 Å². The van der Waals surface area contributed by atoms with E-state index in [0.717, 1.165) is 12.0 Å². The molecule has 0 unspecified atom stereocenters. The van der Waals surface area contributed by atoms with Crippen LogP contribution in [0.5, 0.6) is 0 Å². The minimum Gasteiger partial charge on any atom is -0.452 e. The van der Waals surface area contributed by atoms with Crippen molar-refractivity contribution in [2.45, 2.75) is 44.6 Å². The second kappa shape index (κ2) is 9.19. The number of carbonyl (C=O) groups excluding carboxylic acids is 2. The summed E-state index contributed by atoms with van der Waals surface area (Å²) in [5.41, 5.74) is 1.29. The van der Waals surface area contributed by atoms with Crippen molar-refractivity contribution in [3.05, 3.63) is 59.7 Å². The van der Waals surface area contributed by atoms with Crippen molar-refractivity contribution in [3.8, 4) is 0 Å². The molecule has 0 atom stereocenters. The smallest absolute Gasteiger partial charge is 0.338 e. The summed E-state index contributed by atoms with van der Waals surface area (Å²) in [6, 6.07) is 12.7. The van der Waals surface area contributed by atoms with E-state index in [9.17, 15) is 18.0 Å². The van der Waals surface area contributed by atoms with Crippen LogP contribution in [0, 0.1) is 0 Å². The third-order valence-electron chi connectivity index (χ3n) is 3.82. The average molecular weight is 419 g/mol. The Labute approximate surface area is 171 Å². The molecule has 156 valence electrons. The molecule has 2 rings (SSSR count). The minimum atomic E-state index is -3.69. The highest BCUT2D eigenvalue weighted by Crippen LogP contribution is 2.15. The molecule has 2 aromatic carbocycles. The molecule has 1 amide bonds. The Morgan fingerprint density at radius 1 is 0.966 bits per heavy atom. The van der Waals surface area contributed by atoms with E-state index in [1.807, 2.05) is 19.1 Å². The summed E-state index contributed by atoms with van der Waals surface area (Å²) in [6.45, 7) is 6.80. The minimum absolute atomic E-state index is 0.0391. The number of carbonyl (C=O) groups is 2. The van der Waals surface area contributed by atoms with E-state index in [1.165, 1.54) is 24.3 Å². The fraction of sp³-hybridized carbons (Fsp3) is 0.333. The first-order chi connectivity index (χ1) is 13.5. The fourth-order valence-corrected chi connectivity index (χ4v) is 3.89. The Morgan fingerprint density at radius 3 is 2.07 bits per heavy atom. The van der Waals surface area contributed by atoms with E-state index in [2.05, 4.69) is 10.0 Å². The summed E-state index contributed by atoms with van der Waals surface area (Å²) in [6.07, 6.45) is 0.901. The lowest BCUT2D eigenvalue weighted by molar-refractivity contribution is -0.119. The molecule has 0 fully saturated rings. The number of nitrogens with one attached hydrogen (secondary N) is 2. The lowest BCUT2D eigenvalue weighted by Crippen LogP contribution is -2.40. The summed E-state index contributed by atoms with van der Waals surface area (Å²) in [7, 11) is -3.69. The Bertz CT molecular complexity index is 960. The molecule has 0 aliphatic heterocycles. The molecule has 0 saturated carbocycles. The Balaban J connectivity index is 1.92. The maximum atomic E-state index is 12.3. The first-order valence-corrected chi connectivity index (χ1v) is 10.7. The summed E-state index contributed by atoms with van der Waals surface area (Å²) in [4.78, 5) is 24.1. The topological polar surface area (TPSA) is 102 Å². The van der Waals surface area contributed by atoms with Crippen LogP contribution in [0.4, 0.5) is 5.69 Å². The molecular formula is C21H26N2O5S. The van der Waals surface area contributed by atoms with Gasteiger partial charge in [-0.1, -0.05) is 19.1 Å². The van der Waals surface area contributed by atoms with Crippen LogP contribution in [-0.4, -0.2) is 32.4 Å². The number of hydrogen-bond acceptors (Lipinski definition) is 5. The van der Waals surface area contributed by atoms with Crippen LogP contribution >= 0.6 is 0 Å². The second-order valence-electron chi connectivity index (χ2n) is 7.55. The van der Waals surface area contributed by atoms with Crippen LogP contribution in [-0.2, 0) is 26.0 Å². The predicted octanol–water partition coefficient (Wildman–Crippen LogP) is 3.12. The van der Waals surface area contributed by atoms with Crippen molar-refractivity contribution in [2.75, 3.05) is 11.9 Å². The SMILES string of the molecule is CCc1ccc(NC(=O)COC(=O)c2ccc(S(=O)(=O)NC(C)(C)C)cc2)cc1. The standard InChI is InChI=1S/C21H26N2O5S/c1-5-15-6-10-17(11-7-15)22-19(24)14-28-20(25)16-8-12-18(13-9-16)29(26,27)23-21(2,3)4/h6-13,23H,5,14H2,1-4H3,(H,22,24). The van der Waals surface area contributed by atoms with Gasteiger partial charge in [0.25, 0.3) is 5.91 Å². The summed E-state index contributed by atoms with van der Waals surface area (Å²) < 4.78 is 32.1. The van der Waals surface area contributed by atoms with Crippen LogP contribution in [0.3, 0.4) is 0 Å². The lowest BCUT2D eigenvalue weighted by atomic mass is 10.1. The van der Waals surface area contributed by atoms with E-state index in [0.29, 0.717) is 5.69 Å². The summed E-state index contributed by atoms with van der Waals surface area (Å²) in [5.74, 6) is -1.18. The van der Waals surface area contributed by atoms with Gasteiger partial charge in [0.05, 0.1) is 10.5 Å². The van der Waals surface area contributed by atoms with Crippen LogP contribution in [0.15, 0.2) is 53.4 Å². The number of ether oxygens (including phenoxy) is 1. The van der Waals surface area contributed by atoms with Gasteiger partial charge in [0, 0.05) is 11.2 Å². The number of hydrogen-bond donors (Lipinski definition) is 2. The first-order valence-electron chi connectivity index (χ1n) is 9.20. The zero-order valence-electron chi connectivity index (χ0n) is 17.0. The van der Waals surface area contributed by atoms with Crippen molar-refractivity contribution < 1.29 is 22.7 Å². The number of sulfonamides is 1. The molecule has 0 saturated heterocycles. The number of amides is 1. The van der Waals surface area contributed by atoms with Gasteiger partial charge in [-0.2, -0.15) is 0 Å². The molecule has 0 aliphatic rings. The van der Waals surface area contributed by atoms with E-state index in [4.69, 9.17) is 4.74 Å². The van der Waals surface area contributed by atoms with E-state index in [1.54, 1.807) is 32.9 Å². The number of rotatable bonds is 7. The molecular weight excluding hydrogens is 392 g/mol. The Morgan fingerprint density at radius 2 is 1.55 bits per heavy atom. The van der Waals surface area contributed by atoms with Gasteiger partial charge in [-0.25, -0.2) is 17.9 Å². The van der Waals surface area contributed by atoms with Gasteiger partial charge in [-0.05, 0) is 69.2 Å². The third-order valence-corrected chi connectivity index (χ3v) is 5.60. The van der Waals surface area contributed by atoms with Gasteiger partial charge in [0.1, 0.15) is 0 Å². The molecule has 8 heteroatoms. The van der Waals surface area contributed by atoms with Crippen LogP contribution in [0.25, 0.3) is 0 Å². The number of benzene rings is 2. The summed E-state index contributed by atoms with van der Waals surface area (Å²) in [5, 5.41) is 2.65. The van der Waals surface area contributed by atoms with Gasteiger partial charge in [-0.15, -0.1) is 0 Å². The molecule has 0 spiro atoms. The molecule has 0 radical (unpaired) electrons. The number of aryl methyl sites for hydroxylation is 1. The van der Waals surface area contributed by atoms with E-state index in [-0.39, 0.29) is 10.5 Å². The lowest BCUT2D eigenvalue weighted by Gasteiger charge is -2.20. The fourth-order valence-electron chi connectivity index (χ4n) is 2.47. The molecule has 0 aromatic heterocycles.